The summed E-state index contributed by atoms with van der Waals surface area (Å²) >= 11 is 0. The van der Waals surface area contributed by atoms with E-state index in [2.05, 4.69) is 74.6 Å². The van der Waals surface area contributed by atoms with E-state index >= 15 is 0 Å². The number of benzene rings is 1. The normalized spacial score (nSPS) is 18.9. The molecule has 0 amide bonds. The second-order valence-corrected chi connectivity index (χ2v) is 5.98. The topological polar surface area (TPSA) is 9.23 Å². The molecule has 1 saturated carbocycles. The lowest BCUT2D eigenvalue weighted by molar-refractivity contribution is -0.0143. The maximum Gasteiger partial charge on any atom is 0.0937 e. The van der Waals surface area contributed by atoms with Crippen LogP contribution in [0.25, 0.3) is 0 Å². The second kappa shape index (κ2) is 5.92. The number of hydrogen-bond donors (Lipinski definition) is 0. The monoisotopic (exact) mass is 277 g/mol. The molecule has 1 aromatic rings. The molecular formula is C20H21O. The lowest BCUT2D eigenvalue weighted by Crippen LogP contribution is -2.17. The smallest absolute Gasteiger partial charge is 0.0937 e. The van der Waals surface area contributed by atoms with E-state index in [0.29, 0.717) is 0 Å². The fourth-order valence-electron chi connectivity index (χ4n) is 2.65. The summed E-state index contributed by atoms with van der Waals surface area (Å²) in [4.78, 5) is 0. The van der Waals surface area contributed by atoms with E-state index in [-0.39, 0.29) is 11.7 Å². The van der Waals surface area contributed by atoms with Crippen molar-refractivity contribution in [3.8, 4) is 11.8 Å². The van der Waals surface area contributed by atoms with Crippen LogP contribution in [0, 0.1) is 18.3 Å². The van der Waals surface area contributed by atoms with Gasteiger partial charge in [-0.1, -0.05) is 42.2 Å². The van der Waals surface area contributed by atoms with Crippen LogP contribution in [0.15, 0.2) is 48.1 Å². The van der Waals surface area contributed by atoms with Crippen LogP contribution in [0.1, 0.15) is 44.2 Å². The minimum atomic E-state index is -0.0232. The van der Waals surface area contributed by atoms with Gasteiger partial charge in [0.05, 0.1) is 11.7 Å². The molecule has 1 aromatic carbocycles. The Labute approximate surface area is 127 Å². The zero-order valence-corrected chi connectivity index (χ0v) is 12.7. The zero-order valence-electron chi connectivity index (χ0n) is 12.7. The molecule has 0 heterocycles. The molecule has 1 radical (unpaired) electrons. The van der Waals surface area contributed by atoms with Crippen LogP contribution < -0.4 is 0 Å². The molecule has 1 nitrogen and oxygen atoms in total. The standard InChI is InChI=1S/C20H21O/c1-16(2)21-20(14-15-20)19-12-10-18(11-13-19)9-8-17-6-4-3-5-7-17/h3-4,6-7,10-13,16H,5,14-15H2,1-2H3. The molecule has 3 rings (SSSR count). The fourth-order valence-corrected chi connectivity index (χ4v) is 2.65. The summed E-state index contributed by atoms with van der Waals surface area (Å²) in [6.07, 6.45) is 11.9. The van der Waals surface area contributed by atoms with E-state index in [1.165, 1.54) is 5.56 Å². The Balaban J connectivity index is 1.72. The van der Waals surface area contributed by atoms with E-state index < -0.39 is 0 Å². The van der Waals surface area contributed by atoms with E-state index in [4.69, 9.17) is 4.74 Å². The van der Waals surface area contributed by atoms with Crippen LogP contribution in [-0.2, 0) is 10.3 Å². The fraction of sp³-hybridized carbons (Fsp3) is 0.350. The minimum absolute atomic E-state index is 0.0232. The van der Waals surface area contributed by atoms with Crippen LogP contribution in [-0.4, -0.2) is 6.10 Å². The minimum Gasteiger partial charge on any atom is -0.368 e. The number of hydrogen-bond acceptors (Lipinski definition) is 1. The molecule has 2 aliphatic rings. The highest BCUT2D eigenvalue weighted by atomic mass is 16.5. The Bertz CT molecular complexity index is 616. The van der Waals surface area contributed by atoms with E-state index in [9.17, 15) is 0 Å². The predicted molar refractivity (Wildman–Crippen MR) is 86.6 cm³/mol. The third-order valence-corrected chi connectivity index (χ3v) is 3.81. The molecule has 0 N–H and O–H groups in total. The molecular weight excluding hydrogens is 256 g/mol. The maximum absolute atomic E-state index is 6.07. The summed E-state index contributed by atoms with van der Waals surface area (Å²) in [6, 6.07) is 8.53. The Kier molecular flexibility index (Phi) is 3.99. The van der Waals surface area contributed by atoms with Gasteiger partial charge >= 0.3 is 0 Å². The van der Waals surface area contributed by atoms with Gasteiger partial charge in [-0.05, 0) is 57.2 Å². The highest BCUT2D eigenvalue weighted by Crippen LogP contribution is 2.49. The first-order chi connectivity index (χ1) is 10.2. The molecule has 1 fully saturated rings. The van der Waals surface area contributed by atoms with Crippen LogP contribution in [0.4, 0.5) is 0 Å². The van der Waals surface area contributed by atoms with Gasteiger partial charge in [-0.3, -0.25) is 0 Å². The molecule has 0 atom stereocenters. The van der Waals surface area contributed by atoms with E-state index in [1.807, 2.05) is 0 Å². The average Bonchev–Trinajstić information content (AvgIpc) is 3.27. The van der Waals surface area contributed by atoms with Crippen molar-refractivity contribution < 1.29 is 4.74 Å². The molecule has 0 unspecified atom stereocenters. The molecule has 0 spiro atoms. The van der Waals surface area contributed by atoms with Crippen molar-refractivity contribution in [3.05, 3.63) is 65.6 Å². The highest BCUT2D eigenvalue weighted by Gasteiger charge is 2.46. The third-order valence-electron chi connectivity index (χ3n) is 3.81. The largest absolute Gasteiger partial charge is 0.368 e. The summed E-state index contributed by atoms with van der Waals surface area (Å²) in [6.45, 7) is 4.20. The molecule has 2 aliphatic carbocycles. The Morgan fingerprint density at radius 2 is 1.86 bits per heavy atom. The van der Waals surface area contributed by atoms with Crippen molar-refractivity contribution in [2.75, 3.05) is 0 Å². The summed E-state index contributed by atoms with van der Waals surface area (Å²) in [5.74, 6) is 6.45. The third kappa shape index (κ3) is 3.46. The maximum atomic E-state index is 6.07. The quantitative estimate of drug-likeness (QED) is 0.737. The summed E-state index contributed by atoms with van der Waals surface area (Å²) in [5.41, 5.74) is 3.42. The Morgan fingerprint density at radius 3 is 2.43 bits per heavy atom. The van der Waals surface area contributed by atoms with Crippen LogP contribution in [0.5, 0.6) is 0 Å². The molecule has 1 heteroatoms. The van der Waals surface area contributed by atoms with Gasteiger partial charge in [-0.25, -0.2) is 0 Å². The lowest BCUT2D eigenvalue weighted by Gasteiger charge is -2.19. The molecule has 0 saturated heterocycles. The first kappa shape index (κ1) is 14.2. The Morgan fingerprint density at radius 1 is 1.10 bits per heavy atom. The number of rotatable bonds is 3. The van der Waals surface area contributed by atoms with Crippen molar-refractivity contribution in [1.29, 1.82) is 0 Å². The predicted octanol–water partition coefficient (Wildman–Crippen LogP) is 4.54. The van der Waals surface area contributed by atoms with Gasteiger partial charge in [-0.15, -0.1) is 0 Å². The molecule has 21 heavy (non-hydrogen) atoms. The number of ether oxygens (including phenoxy) is 1. The SMILES string of the molecule is CC(C)OC1(c2ccc(C#CC3=CC[CH]C=C3)cc2)CC1. The molecule has 0 aromatic heterocycles. The molecule has 0 bridgehead atoms. The summed E-state index contributed by atoms with van der Waals surface area (Å²) < 4.78 is 6.07. The van der Waals surface area contributed by atoms with E-state index in [0.717, 1.165) is 30.4 Å². The van der Waals surface area contributed by atoms with Crippen molar-refractivity contribution in [2.24, 2.45) is 0 Å². The van der Waals surface area contributed by atoms with Crippen LogP contribution >= 0.6 is 0 Å². The first-order valence-corrected chi connectivity index (χ1v) is 7.68. The van der Waals surface area contributed by atoms with Gasteiger partial charge < -0.3 is 4.74 Å². The second-order valence-electron chi connectivity index (χ2n) is 5.98. The first-order valence-electron chi connectivity index (χ1n) is 7.68. The van der Waals surface area contributed by atoms with Gasteiger partial charge in [-0.2, -0.15) is 0 Å². The van der Waals surface area contributed by atoms with Crippen molar-refractivity contribution in [1.82, 2.24) is 0 Å². The van der Waals surface area contributed by atoms with Gasteiger partial charge in [0, 0.05) is 11.1 Å². The van der Waals surface area contributed by atoms with Gasteiger partial charge in [0.15, 0.2) is 0 Å². The highest BCUT2D eigenvalue weighted by molar-refractivity contribution is 5.47. The van der Waals surface area contributed by atoms with Crippen LogP contribution in [0.2, 0.25) is 0 Å². The van der Waals surface area contributed by atoms with Gasteiger partial charge in [0.25, 0.3) is 0 Å². The van der Waals surface area contributed by atoms with Crippen LogP contribution in [0.3, 0.4) is 0 Å². The number of allylic oxidation sites excluding steroid dienone is 4. The van der Waals surface area contributed by atoms with Crippen molar-refractivity contribution in [3.63, 3.8) is 0 Å². The van der Waals surface area contributed by atoms with Gasteiger partial charge in [0.2, 0.25) is 0 Å². The molecule has 107 valence electrons. The zero-order chi connectivity index (χ0) is 14.7. The lowest BCUT2D eigenvalue weighted by atomic mass is 10.0. The van der Waals surface area contributed by atoms with Crippen molar-refractivity contribution >= 4 is 0 Å². The van der Waals surface area contributed by atoms with E-state index in [1.54, 1.807) is 0 Å². The molecule has 0 aliphatic heterocycles. The van der Waals surface area contributed by atoms with Crippen molar-refractivity contribution in [2.45, 2.75) is 44.8 Å². The average molecular weight is 277 g/mol. The Hall–Kier alpha value is -1.78. The summed E-state index contributed by atoms with van der Waals surface area (Å²) in [7, 11) is 0. The van der Waals surface area contributed by atoms with Gasteiger partial charge in [0.1, 0.15) is 0 Å². The summed E-state index contributed by atoms with van der Waals surface area (Å²) in [5, 5.41) is 0.